The van der Waals surface area contributed by atoms with Crippen LogP contribution in [0.15, 0.2) is 42.7 Å². The van der Waals surface area contributed by atoms with Crippen molar-refractivity contribution in [2.75, 3.05) is 0 Å². The van der Waals surface area contributed by atoms with Crippen LogP contribution in [0.4, 0.5) is 0 Å². The number of hydrogen-bond donors (Lipinski definition) is 0. The second kappa shape index (κ2) is 13.7. The van der Waals surface area contributed by atoms with Gasteiger partial charge >= 0.3 is 5.97 Å². The molecule has 4 nitrogen and oxygen atoms in total. The van der Waals surface area contributed by atoms with Gasteiger partial charge in [0.15, 0.2) is 0 Å². The Morgan fingerprint density at radius 1 is 1.00 bits per heavy atom. The second-order valence-electron chi connectivity index (χ2n) is 16.3. The summed E-state index contributed by atoms with van der Waals surface area (Å²) >= 11 is 3.95. The molecule has 1 unspecified atom stereocenters. The molecule has 0 radical (unpaired) electrons. The third-order valence-corrected chi connectivity index (χ3v) is 15.8. The number of benzene rings is 1. The number of pyridine rings is 1. The molecule has 4 fully saturated rings. The zero-order chi connectivity index (χ0) is 32.7. The Hall–Kier alpha value is -1.59. The maximum Gasteiger partial charge on any atom is 0.339 e. The number of esters is 1. The van der Waals surface area contributed by atoms with Crippen molar-refractivity contribution in [2.24, 2.45) is 46.3 Å². The molecule has 0 bridgehead atoms. The van der Waals surface area contributed by atoms with Gasteiger partial charge in [0.2, 0.25) is 0 Å². The highest BCUT2D eigenvalue weighted by molar-refractivity contribution is 14.1. The van der Waals surface area contributed by atoms with Gasteiger partial charge in [-0.3, -0.25) is 4.98 Å². The molecule has 2 aromatic rings. The first-order chi connectivity index (χ1) is 22.0. The number of ether oxygens (including phenoxy) is 1. The van der Waals surface area contributed by atoms with E-state index in [9.17, 15) is 10.1 Å². The lowest BCUT2D eigenvalue weighted by Gasteiger charge is -2.66. The first-order valence-electron chi connectivity index (χ1n) is 18.0. The van der Waals surface area contributed by atoms with Crippen LogP contribution in [0, 0.1) is 60.6 Å². The quantitative estimate of drug-likeness (QED) is 0.145. The fourth-order valence-corrected chi connectivity index (χ4v) is 12.8. The van der Waals surface area contributed by atoms with Crippen molar-refractivity contribution in [3.05, 3.63) is 51.9 Å². The lowest BCUT2D eigenvalue weighted by Crippen LogP contribution is -2.64. The Labute approximate surface area is 295 Å². The van der Waals surface area contributed by atoms with E-state index >= 15 is 0 Å². The minimum Gasteiger partial charge on any atom is -0.459 e. The predicted molar refractivity (Wildman–Crippen MR) is 197 cm³/mol. The lowest BCUT2D eigenvalue weighted by atomic mass is 9.43. The molecule has 248 valence electrons. The molecule has 6 heteroatoms. The van der Waals surface area contributed by atoms with Gasteiger partial charge < -0.3 is 4.74 Å². The average Bonchev–Trinajstić information content (AvgIpc) is 3.39. The zero-order valence-electron chi connectivity index (χ0n) is 28.6. The van der Waals surface area contributed by atoms with E-state index in [1.807, 2.05) is 12.3 Å². The average molecular weight is 753 g/mol. The summed E-state index contributed by atoms with van der Waals surface area (Å²) in [7, 11) is 0. The molecule has 9 atom stereocenters. The molecule has 0 saturated heterocycles. The normalized spacial score (nSPS) is 35.8. The smallest absolute Gasteiger partial charge is 0.339 e. The van der Waals surface area contributed by atoms with Crippen molar-refractivity contribution in [3.63, 3.8) is 0 Å². The van der Waals surface area contributed by atoms with Gasteiger partial charge in [0, 0.05) is 26.3 Å². The molecule has 1 heterocycles. The Morgan fingerprint density at radius 3 is 2.50 bits per heavy atom. The number of rotatable bonds is 9. The maximum atomic E-state index is 13.4. The number of carbonyl (C=O) groups is 1. The van der Waals surface area contributed by atoms with Gasteiger partial charge in [-0.15, -0.1) is 0 Å². The number of halogens is 1. The van der Waals surface area contributed by atoms with Crippen LogP contribution in [0.25, 0.3) is 11.1 Å². The topological polar surface area (TPSA) is 63.0 Å². The van der Waals surface area contributed by atoms with E-state index in [-0.39, 0.29) is 22.2 Å². The largest absolute Gasteiger partial charge is 0.459 e. The van der Waals surface area contributed by atoms with Crippen LogP contribution < -0.4 is 0 Å². The summed E-state index contributed by atoms with van der Waals surface area (Å²) in [5.41, 5.74) is 2.99. The summed E-state index contributed by atoms with van der Waals surface area (Å²) in [5, 5.41) is 13.0. The Balaban J connectivity index is 1.15. The van der Waals surface area contributed by atoms with Crippen molar-refractivity contribution < 1.29 is 9.53 Å². The zero-order valence-corrected chi connectivity index (χ0v) is 31.5. The minimum absolute atomic E-state index is 0.00530. The fraction of sp³-hybridized carbons (Fsp3) is 0.675. The SMILES string of the molecule is CC(C)CCC[C@@H](C)[C@H]1CC[C@H]2[C@@H]3CCC4C[C@H](OC(=O)c5cncc(-c6ccc(I)cc6)c5)CC[C@]4(C)[C@@]3(SC#N)CC[C@]12C. The monoisotopic (exact) mass is 752 g/mol. The van der Waals surface area contributed by atoms with Crippen molar-refractivity contribution in [1.82, 2.24) is 4.98 Å². The first kappa shape index (κ1) is 34.3. The number of fused-ring (bicyclic) bond motifs is 5. The van der Waals surface area contributed by atoms with Crippen molar-refractivity contribution in [1.29, 1.82) is 5.26 Å². The Morgan fingerprint density at radius 2 is 1.76 bits per heavy atom. The standard InChI is InChI=1S/C40H53IN2O2S/c1-26(2)7-6-8-27(3)34-15-16-35-36-14-11-31-22-33(17-18-39(31,5)40(36,46-25-42)20-19-38(34,35)4)45-37(44)30-21-29(23-43-24-30)28-9-12-32(41)13-10-28/h9-10,12-13,21,23-24,26-27,31,33-36H,6-8,11,14-20,22H2,1-5H3/t27-,31?,33-,34-,35+,36+,38-,39+,40-/m1/s1. The third kappa shape index (κ3) is 6.19. The third-order valence-electron chi connectivity index (χ3n) is 13.6. The number of nitriles is 1. The summed E-state index contributed by atoms with van der Waals surface area (Å²) in [5.74, 6) is 3.93. The van der Waals surface area contributed by atoms with Crippen LogP contribution in [-0.2, 0) is 4.74 Å². The molecule has 4 saturated carbocycles. The second-order valence-corrected chi connectivity index (χ2v) is 18.6. The molecule has 46 heavy (non-hydrogen) atoms. The van der Waals surface area contributed by atoms with Gasteiger partial charge in [0.05, 0.1) is 5.56 Å². The van der Waals surface area contributed by atoms with Crippen LogP contribution >= 0.6 is 34.4 Å². The predicted octanol–water partition coefficient (Wildman–Crippen LogP) is 11.3. The summed E-state index contributed by atoms with van der Waals surface area (Å²) in [6, 6.07) is 10.2. The van der Waals surface area contributed by atoms with E-state index in [0.717, 1.165) is 60.5 Å². The van der Waals surface area contributed by atoms with Crippen LogP contribution in [0.3, 0.4) is 0 Å². The van der Waals surface area contributed by atoms with Crippen LogP contribution in [0.1, 0.15) is 122 Å². The van der Waals surface area contributed by atoms with E-state index in [2.05, 4.69) is 91.9 Å². The number of carbonyl (C=O) groups excluding carboxylic acids is 1. The van der Waals surface area contributed by atoms with Gasteiger partial charge in [0.25, 0.3) is 0 Å². The van der Waals surface area contributed by atoms with Crippen molar-refractivity contribution in [2.45, 2.75) is 123 Å². The summed E-state index contributed by atoms with van der Waals surface area (Å²) < 4.78 is 7.41. The highest BCUT2D eigenvalue weighted by atomic mass is 127. The van der Waals surface area contributed by atoms with Crippen LogP contribution in [0.5, 0.6) is 0 Å². The molecule has 0 amide bonds. The van der Waals surface area contributed by atoms with Gasteiger partial charge in [-0.05, 0) is 162 Å². The molecular weight excluding hydrogens is 699 g/mol. The van der Waals surface area contributed by atoms with E-state index < -0.39 is 0 Å². The molecule has 0 spiro atoms. The summed E-state index contributed by atoms with van der Waals surface area (Å²) in [6.45, 7) is 12.4. The molecule has 1 aromatic carbocycles. The van der Waals surface area contributed by atoms with E-state index in [1.165, 1.54) is 54.9 Å². The van der Waals surface area contributed by atoms with E-state index in [1.54, 1.807) is 18.0 Å². The Kier molecular flexibility index (Phi) is 10.2. The van der Waals surface area contributed by atoms with Gasteiger partial charge in [-0.2, -0.15) is 5.26 Å². The maximum absolute atomic E-state index is 13.4. The fourth-order valence-electron chi connectivity index (χ4n) is 11.2. The number of nitrogens with zero attached hydrogens (tertiary/aromatic N) is 2. The molecule has 4 aliphatic carbocycles. The highest BCUT2D eigenvalue weighted by Crippen LogP contribution is 2.73. The first-order valence-corrected chi connectivity index (χ1v) is 19.9. The van der Waals surface area contributed by atoms with Gasteiger partial charge in [-0.1, -0.05) is 66.0 Å². The number of aromatic nitrogens is 1. The molecule has 0 aliphatic heterocycles. The minimum atomic E-state index is -0.267. The van der Waals surface area contributed by atoms with Gasteiger partial charge in [-0.25, -0.2) is 4.79 Å². The summed E-state index contributed by atoms with van der Waals surface area (Å²) in [4.78, 5) is 17.8. The number of hydrogen-bond acceptors (Lipinski definition) is 5. The number of thioether (sulfide) groups is 1. The molecule has 0 N–H and O–H groups in total. The van der Waals surface area contributed by atoms with Gasteiger partial charge in [0.1, 0.15) is 11.5 Å². The molecule has 6 rings (SSSR count). The lowest BCUT2D eigenvalue weighted by molar-refractivity contribution is -0.111. The molecule has 1 aromatic heterocycles. The number of thiocyanates is 1. The van der Waals surface area contributed by atoms with Crippen molar-refractivity contribution >= 4 is 40.3 Å². The van der Waals surface area contributed by atoms with E-state index in [4.69, 9.17) is 4.74 Å². The van der Waals surface area contributed by atoms with Crippen LogP contribution in [-0.4, -0.2) is 21.8 Å². The molecule has 4 aliphatic rings. The molecular formula is C40H53IN2O2S. The van der Waals surface area contributed by atoms with Crippen LogP contribution in [0.2, 0.25) is 0 Å². The highest BCUT2D eigenvalue weighted by Gasteiger charge is 2.68. The van der Waals surface area contributed by atoms with E-state index in [0.29, 0.717) is 22.8 Å². The Bertz CT molecular complexity index is 1440. The van der Waals surface area contributed by atoms with Crippen molar-refractivity contribution in [3.8, 4) is 16.5 Å². The summed E-state index contributed by atoms with van der Waals surface area (Å²) in [6.07, 6.45) is 17.8.